The molecule has 0 spiro atoms. The molecular weight excluding hydrogens is 194 g/mol. The SMILES string of the molecule is CSCCN(C)C1(CN)CCN(C)C1. The van der Waals surface area contributed by atoms with Gasteiger partial charge in [-0.2, -0.15) is 11.8 Å². The highest BCUT2D eigenvalue weighted by atomic mass is 32.2. The van der Waals surface area contributed by atoms with Crippen LogP contribution in [0.25, 0.3) is 0 Å². The predicted octanol–water partition coefficient (Wildman–Crippen LogP) is 0.314. The van der Waals surface area contributed by atoms with E-state index in [2.05, 4.69) is 30.2 Å². The zero-order valence-corrected chi connectivity index (χ0v) is 10.4. The molecule has 0 aliphatic carbocycles. The predicted molar refractivity (Wildman–Crippen MR) is 64.9 cm³/mol. The lowest BCUT2D eigenvalue weighted by molar-refractivity contribution is 0.142. The smallest absolute Gasteiger partial charge is 0.0467 e. The van der Waals surface area contributed by atoms with Gasteiger partial charge in [0.2, 0.25) is 0 Å². The fourth-order valence-corrected chi connectivity index (χ4v) is 2.62. The summed E-state index contributed by atoms with van der Waals surface area (Å²) < 4.78 is 0. The fraction of sp³-hybridized carbons (Fsp3) is 1.00. The second kappa shape index (κ2) is 5.35. The van der Waals surface area contributed by atoms with Gasteiger partial charge < -0.3 is 10.6 Å². The maximum absolute atomic E-state index is 5.93. The molecule has 0 bridgehead atoms. The normalized spacial score (nSPS) is 28.9. The molecule has 1 fully saturated rings. The Morgan fingerprint density at radius 1 is 1.57 bits per heavy atom. The van der Waals surface area contributed by atoms with Crippen LogP contribution in [0.15, 0.2) is 0 Å². The molecular formula is C10H23N3S. The van der Waals surface area contributed by atoms with Crippen molar-refractivity contribution in [3.05, 3.63) is 0 Å². The molecule has 1 unspecified atom stereocenters. The van der Waals surface area contributed by atoms with Gasteiger partial charge in [0, 0.05) is 30.9 Å². The van der Waals surface area contributed by atoms with E-state index in [9.17, 15) is 0 Å². The van der Waals surface area contributed by atoms with Crippen LogP contribution in [0.1, 0.15) is 6.42 Å². The van der Waals surface area contributed by atoms with Crippen LogP contribution in [0, 0.1) is 0 Å². The highest BCUT2D eigenvalue weighted by Gasteiger charge is 2.38. The van der Waals surface area contributed by atoms with Gasteiger partial charge in [0.1, 0.15) is 0 Å². The molecule has 0 amide bonds. The highest BCUT2D eigenvalue weighted by Crippen LogP contribution is 2.25. The van der Waals surface area contributed by atoms with Gasteiger partial charge in [-0.25, -0.2) is 0 Å². The zero-order valence-electron chi connectivity index (χ0n) is 9.62. The molecule has 0 aromatic heterocycles. The summed E-state index contributed by atoms with van der Waals surface area (Å²) in [5, 5.41) is 0. The summed E-state index contributed by atoms with van der Waals surface area (Å²) in [4.78, 5) is 4.83. The van der Waals surface area contributed by atoms with E-state index in [-0.39, 0.29) is 5.54 Å². The van der Waals surface area contributed by atoms with Gasteiger partial charge in [0.25, 0.3) is 0 Å². The first kappa shape index (κ1) is 12.3. The van der Waals surface area contributed by atoms with Crippen molar-refractivity contribution in [3.63, 3.8) is 0 Å². The number of nitrogens with zero attached hydrogens (tertiary/aromatic N) is 2. The molecule has 3 nitrogen and oxygen atoms in total. The minimum absolute atomic E-state index is 0.241. The van der Waals surface area contributed by atoms with Crippen molar-refractivity contribution in [2.45, 2.75) is 12.0 Å². The average Bonchev–Trinajstić information content (AvgIpc) is 2.58. The second-order valence-electron chi connectivity index (χ2n) is 4.33. The van der Waals surface area contributed by atoms with E-state index in [1.807, 2.05) is 11.8 Å². The molecule has 1 atom stereocenters. The summed E-state index contributed by atoms with van der Waals surface area (Å²) in [7, 11) is 4.39. The van der Waals surface area contributed by atoms with Gasteiger partial charge in [-0.3, -0.25) is 4.90 Å². The Bertz CT molecular complexity index is 177. The van der Waals surface area contributed by atoms with Gasteiger partial charge in [0.05, 0.1) is 0 Å². The molecule has 0 aromatic rings. The molecule has 2 N–H and O–H groups in total. The molecule has 0 saturated carbocycles. The van der Waals surface area contributed by atoms with Crippen molar-refractivity contribution in [2.24, 2.45) is 5.73 Å². The van der Waals surface area contributed by atoms with Crippen molar-refractivity contribution in [3.8, 4) is 0 Å². The van der Waals surface area contributed by atoms with E-state index in [1.165, 1.54) is 18.7 Å². The minimum Gasteiger partial charge on any atom is -0.329 e. The Labute approximate surface area is 92.0 Å². The number of hydrogen-bond acceptors (Lipinski definition) is 4. The molecule has 1 rings (SSSR count). The van der Waals surface area contributed by atoms with E-state index < -0.39 is 0 Å². The highest BCUT2D eigenvalue weighted by molar-refractivity contribution is 7.98. The number of hydrogen-bond donors (Lipinski definition) is 1. The lowest BCUT2D eigenvalue weighted by Gasteiger charge is -2.37. The van der Waals surface area contributed by atoms with Crippen LogP contribution >= 0.6 is 11.8 Å². The lowest BCUT2D eigenvalue weighted by atomic mass is 9.97. The van der Waals surface area contributed by atoms with Crippen LogP contribution in [0.3, 0.4) is 0 Å². The second-order valence-corrected chi connectivity index (χ2v) is 5.32. The van der Waals surface area contributed by atoms with E-state index in [4.69, 9.17) is 5.73 Å². The largest absolute Gasteiger partial charge is 0.329 e. The van der Waals surface area contributed by atoms with Gasteiger partial charge >= 0.3 is 0 Å². The van der Waals surface area contributed by atoms with Crippen LogP contribution < -0.4 is 5.73 Å². The van der Waals surface area contributed by atoms with Crippen LogP contribution in [0.2, 0.25) is 0 Å². The Balaban J connectivity index is 2.51. The van der Waals surface area contributed by atoms with Crippen LogP contribution in [0.4, 0.5) is 0 Å². The number of likely N-dealkylation sites (tertiary alicyclic amines) is 1. The molecule has 84 valence electrons. The molecule has 4 heteroatoms. The van der Waals surface area contributed by atoms with Gasteiger partial charge in [-0.1, -0.05) is 0 Å². The van der Waals surface area contributed by atoms with Crippen molar-refractivity contribution < 1.29 is 0 Å². The Morgan fingerprint density at radius 3 is 2.71 bits per heavy atom. The van der Waals surface area contributed by atoms with Crippen molar-refractivity contribution in [1.29, 1.82) is 0 Å². The lowest BCUT2D eigenvalue weighted by Crippen LogP contribution is -2.54. The summed E-state index contributed by atoms with van der Waals surface area (Å²) in [5.41, 5.74) is 6.17. The summed E-state index contributed by atoms with van der Waals surface area (Å²) in [6.07, 6.45) is 3.37. The Morgan fingerprint density at radius 2 is 2.29 bits per heavy atom. The quantitative estimate of drug-likeness (QED) is 0.719. The molecule has 1 heterocycles. The van der Waals surface area contributed by atoms with Crippen LogP contribution in [-0.4, -0.2) is 67.6 Å². The van der Waals surface area contributed by atoms with Crippen molar-refractivity contribution in [1.82, 2.24) is 9.80 Å². The van der Waals surface area contributed by atoms with Crippen LogP contribution in [0.5, 0.6) is 0 Å². The maximum Gasteiger partial charge on any atom is 0.0467 e. The van der Waals surface area contributed by atoms with E-state index in [0.29, 0.717) is 0 Å². The summed E-state index contributed by atoms with van der Waals surface area (Å²) in [5.74, 6) is 1.20. The fourth-order valence-electron chi connectivity index (χ4n) is 2.16. The summed E-state index contributed by atoms with van der Waals surface area (Å²) in [6.45, 7) is 4.23. The first-order valence-electron chi connectivity index (χ1n) is 5.23. The van der Waals surface area contributed by atoms with Crippen molar-refractivity contribution in [2.75, 3.05) is 52.3 Å². The van der Waals surface area contributed by atoms with Gasteiger partial charge in [-0.05, 0) is 33.3 Å². The van der Waals surface area contributed by atoms with E-state index in [1.54, 1.807) is 0 Å². The molecule has 1 aliphatic rings. The first-order valence-corrected chi connectivity index (χ1v) is 6.63. The number of rotatable bonds is 5. The molecule has 1 aliphatic heterocycles. The van der Waals surface area contributed by atoms with Crippen LogP contribution in [-0.2, 0) is 0 Å². The third kappa shape index (κ3) is 2.63. The Kier molecular flexibility index (Phi) is 4.70. The van der Waals surface area contributed by atoms with Gasteiger partial charge in [0.15, 0.2) is 0 Å². The number of thioether (sulfide) groups is 1. The molecule has 0 radical (unpaired) electrons. The Hall–Kier alpha value is 0.230. The average molecular weight is 217 g/mol. The first-order chi connectivity index (χ1) is 6.64. The third-order valence-electron chi connectivity index (χ3n) is 3.34. The zero-order chi connectivity index (χ0) is 10.6. The topological polar surface area (TPSA) is 32.5 Å². The standard InChI is InChI=1S/C10H23N3S/c1-12-5-4-10(8-11,9-12)13(2)6-7-14-3/h4-9,11H2,1-3H3. The summed E-state index contributed by atoms with van der Waals surface area (Å²) >= 11 is 1.90. The van der Waals surface area contributed by atoms with E-state index >= 15 is 0 Å². The number of nitrogens with two attached hydrogens (primary N) is 1. The monoisotopic (exact) mass is 217 g/mol. The molecule has 0 aromatic carbocycles. The maximum atomic E-state index is 5.93. The van der Waals surface area contributed by atoms with E-state index in [0.717, 1.165) is 19.6 Å². The van der Waals surface area contributed by atoms with Crippen molar-refractivity contribution >= 4 is 11.8 Å². The molecule has 1 saturated heterocycles. The van der Waals surface area contributed by atoms with Gasteiger partial charge in [-0.15, -0.1) is 0 Å². The number of likely N-dealkylation sites (N-methyl/N-ethyl adjacent to an activating group) is 2. The summed E-state index contributed by atoms with van der Waals surface area (Å²) in [6, 6.07) is 0. The third-order valence-corrected chi connectivity index (χ3v) is 3.93. The molecule has 14 heavy (non-hydrogen) atoms. The minimum atomic E-state index is 0.241.